The van der Waals surface area contributed by atoms with E-state index in [1.807, 2.05) is 55.5 Å². The van der Waals surface area contributed by atoms with Crippen molar-refractivity contribution in [2.45, 2.75) is 12.3 Å². The molecule has 0 saturated heterocycles. The van der Waals surface area contributed by atoms with Gasteiger partial charge in [-0.25, -0.2) is 4.98 Å². The molecule has 4 heteroatoms. The smallest absolute Gasteiger partial charge is 0.238 e. The zero-order valence-electron chi connectivity index (χ0n) is 28.1. The number of hydrogen-bond donors (Lipinski definition) is 0. The van der Waals surface area contributed by atoms with Crippen LogP contribution in [0.3, 0.4) is 0 Å². The van der Waals surface area contributed by atoms with Crippen molar-refractivity contribution < 1.29 is 0 Å². The van der Waals surface area contributed by atoms with Crippen LogP contribution in [0.25, 0.3) is 67.0 Å². The number of nitrogens with zero attached hydrogens (tertiary/aromatic N) is 4. The molecule has 0 amide bonds. The van der Waals surface area contributed by atoms with Gasteiger partial charge in [-0.1, -0.05) is 152 Å². The van der Waals surface area contributed by atoms with E-state index in [9.17, 15) is 0 Å². The van der Waals surface area contributed by atoms with E-state index in [-0.39, 0.29) is 0 Å². The van der Waals surface area contributed by atoms with Crippen LogP contribution < -0.4 is 0 Å². The summed E-state index contributed by atoms with van der Waals surface area (Å²) >= 11 is 0. The first-order valence-electron chi connectivity index (χ1n) is 17.4. The number of allylic oxidation sites excluding steroid dienone is 5. The second-order valence-electron chi connectivity index (χ2n) is 13.1. The van der Waals surface area contributed by atoms with Gasteiger partial charge in [0.2, 0.25) is 5.95 Å². The van der Waals surface area contributed by atoms with Gasteiger partial charge >= 0.3 is 0 Å². The highest BCUT2D eigenvalue weighted by molar-refractivity contribution is 6.12. The van der Waals surface area contributed by atoms with E-state index in [2.05, 4.69) is 120 Å². The lowest BCUT2D eigenvalue weighted by atomic mass is 9.70. The molecule has 240 valence electrons. The van der Waals surface area contributed by atoms with E-state index < -0.39 is 5.41 Å². The van der Waals surface area contributed by atoms with Gasteiger partial charge in [-0.2, -0.15) is 9.97 Å². The van der Waals surface area contributed by atoms with E-state index in [1.54, 1.807) is 6.08 Å². The maximum absolute atomic E-state index is 5.18. The molecule has 2 aliphatic rings. The molecule has 8 aromatic rings. The minimum absolute atomic E-state index is 0.421. The number of aromatic nitrogens is 4. The quantitative estimate of drug-likeness (QED) is 0.174. The number of rotatable bonds is 5. The second kappa shape index (κ2) is 11.2. The predicted molar refractivity (Wildman–Crippen MR) is 209 cm³/mol. The summed E-state index contributed by atoms with van der Waals surface area (Å²) in [5.74, 6) is 1.81. The van der Waals surface area contributed by atoms with Gasteiger partial charge in [0.15, 0.2) is 11.6 Å². The molecule has 10 rings (SSSR count). The Morgan fingerprint density at radius 1 is 0.588 bits per heavy atom. The average Bonchev–Trinajstić information content (AvgIpc) is 3.79. The first-order chi connectivity index (χ1) is 25.2. The topological polar surface area (TPSA) is 43.6 Å². The lowest BCUT2D eigenvalue weighted by molar-refractivity contribution is 0.795. The van der Waals surface area contributed by atoms with Crippen molar-refractivity contribution in [1.82, 2.24) is 19.5 Å². The third-order valence-corrected chi connectivity index (χ3v) is 10.6. The molecule has 0 fully saturated rings. The van der Waals surface area contributed by atoms with Gasteiger partial charge in [0.1, 0.15) is 0 Å². The van der Waals surface area contributed by atoms with Gasteiger partial charge in [-0.3, -0.25) is 4.57 Å². The molecule has 0 N–H and O–H groups in total. The molecule has 1 spiro atoms. The van der Waals surface area contributed by atoms with Crippen molar-refractivity contribution in [3.63, 3.8) is 0 Å². The Bertz CT molecular complexity index is 2740. The average molecular weight is 653 g/mol. The van der Waals surface area contributed by atoms with Gasteiger partial charge in [0.25, 0.3) is 0 Å². The highest BCUT2D eigenvalue weighted by Gasteiger charge is 2.51. The Hall–Kier alpha value is -6.65. The summed E-state index contributed by atoms with van der Waals surface area (Å²) in [4.78, 5) is 15.3. The minimum Gasteiger partial charge on any atom is -0.278 e. The van der Waals surface area contributed by atoms with E-state index in [4.69, 9.17) is 15.0 Å². The van der Waals surface area contributed by atoms with E-state index in [1.165, 1.54) is 49.9 Å². The summed E-state index contributed by atoms with van der Waals surface area (Å²) in [7, 11) is 0. The van der Waals surface area contributed by atoms with Crippen LogP contribution in [0.15, 0.2) is 170 Å². The molecule has 2 aliphatic carbocycles. The van der Waals surface area contributed by atoms with Gasteiger partial charge in [0.05, 0.1) is 16.4 Å². The van der Waals surface area contributed by atoms with Crippen LogP contribution in [0.4, 0.5) is 0 Å². The van der Waals surface area contributed by atoms with Crippen molar-refractivity contribution in [3.05, 3.63) is 198 Å². The molecule has 2 heterocycles. The zero-order chi connectivity index (χ0) is 34.1. The zero-order valence-corrected chi connectivity index (χ0v) is 28.1. The molecule has 4 nitrogen and oxygen atoms in total. The summed E-state index contributed by atoms with van der Waals surface area (Å²) in [6.07, 6.45) is 7.70. The van der Waals surface area contributed by atoms with Crippen LogP contribution in [-0.4, -0.2) is 19.5 Å². The first kappa shape index (κ1) is 29.3. The van der Waals surface area contributed by atoms with Crippen LogP contribution in [-0.2, 0) is 5.41 Å². The van der Waals surface area contributed by atoms with Gasteiger partial charge in [-0.05, 0) is 69.6 Å². The van der Waals surface area contributed by atoms with Crippen LogP contribution in [0.2, 0.25) is 0 Å². The molecular formula is C47H32N4. The first-order valence-corrected chi connectivity index (χ1v) is 17.4. The molecular weight excluding hydrogens is 621 g/mol. The summed E-state index contributed by atoms with van der Waals surface area (Å²) in [6.45, 7) is 5.88. The highest BCUT2D eigenvalue weighted by Crippen LogP contribution is 2.63. The molecule has 0 bridgehead atoms. The fraction of sp³-hybridized carbons (Fsp3) is 0.0426. The van der Waals surface area contributed by atoms with Crippen LogP contribution in [0, 0.1) is 0 Å². The van der Waals surface area contributed by atoms with Gasteiger partial charge in [0, 0.05) is 21.9 Å². The van der Waals surface area contributed by atoms with Crippen LogP contribution in [0.5, 0.6) is 0 Å². The number of benzene rings is 6. The molecule has 0 radical (unpaired) electrons. The molecule has 0 atom stereocenters. The fourth-order valence-electron chi connectivity index (χ4n) is 8.55. The largest absolute Gasteiger partial charge is 0.278 e. The Balaban J connectivity index is 1.31. The van der Waals surface area contributed by atoms with E-state index in [0.29, 0.717) is 17.6 Å². The lowest BCUT2D eigenvalue weighted by Gasteiger charge is -2.30. The second-order valence-corrected chi connectivity index (χ2v) is 13.1. The summed E-state index contributed by atoms with van der Waals surface area (Å²) in [5.41, 5.74) is 13.9. The molecule has 2 aromatic heterocycles. The number of hydrogen-bond acceptors (Lipinski definition) is 3. The van der Waals surface area contributed by atoms with Crippen LogP contribution >= 0.6 is 0 Å². The van der Waals surface area contributed by atoms with Gasteiger partial charge in [-0.15, -0.1) is 0 Å². The van der Waals surface area contributed by atoms with Crippen molar-refractivity contribution in [2.24, 2.45) is 0 Å². The van der Waals surface area contributed by atoms with Crippen molar-refractivity contribution in [1.29, 1.82) is 0 Å². The summed E-state index contributed by atoms with van der Waals surface area (Å²) < 4.78 is 2.22. The Kier molecular flexibility index (Phi) is 6.43. The molecule has 6 aromatic carbocycles. The van der Waals surface area contributed by atoms with E-state index >= 15 is 0 Å². The Morgan fingerprint density at radius 2 is 1.20 bits per heavy atom. The Labute approximate surface area is 296 Å². The maximum atomic E-state index is 5.18. The third kappa shape index (κ3) is 4.05. The molecule has 0 aliphatic heterocycles. The molecule has 51 heavy (non-hydrogen) atoms. The highest BCUT2D eigenvalue weighted by atomic mass is 15.2. The fourth-order valence-corrected chi connectivity index (χ4v) is 8.55. The molecule has 0 unspecified atom stereocenters. The predicted octanol–water partition coefficient (Wildman–Crippen LogP) is 11.1. The van der Waals surface area contributed by atoms with Crippen molar-refractivity contribution >= 4 is 27.4 Å². The maximum Gasteiger partial charge on any atom is 0.238 e. The Morgan fingerprint density at radius 3 is 1.86 bits per heavy atom. The van der Waals surface area contributed by atoms with E-state index in [0.717, 1.165) is 27.6 Å². The SMILES string of the molecule is C=CC=CC(=CC)c1nc(-c2ccccc2)nc(-n2c3ccccc3c3cc4c(cc32)-c2ccccc2C42c3ccccc3-c3ccccc32)n1. The van der Waals surface area contributed by atoms with Gasteiger partial charge < -0.3 is 0 Å². The third-order valence-electron chi connectivity index (χ3n) is 10.6. The standard InChI is InChI=1S/C47H32N4/c1-3-5-17-30(4-2)44-48-45(31-18-7-6-8-19-31)50-46(49-44)51-42-27-16-12-23-35(42)37-28-41-36(29-43(37)51)34-22-11-15-26-40(34)47(41)38-24-13-9-20-32(38)33-21-10-14-25-39(33)47/h3-29H,1H2,2H3. The molecule has 0 saturated carbocycles. The van der Waals surface area contributed by atoms with Crippen molar-refractivity contribution in [3.8, 4) is 39.6 Å². The number of fused-ring (bicyclic) bond motifs is 13. The number of para-hydroxylation sites is 1. The lowest BCUT2D eigenvalue weighted by Crippen LogP contribution is -2.25. The monoisotopic (exact) mass is 652 g/mol. The minimum atomic E-state index is -0.421. The summed E-state index contributed by atoms with van der Waals surface area (Å²) in [5, 5.41) is 2.32. The summed E-state index contributed by atoms with van der Waals surface area (Å²) in [6, 6.07) is 50.4. The van der Waals surface area contributed by atoms with Crippen LogP contribution in [0.1, 0.15) is 35.0 Å². The van der Waals surface area contributed by atoms with Crippen molar-refractivity contribution in [2.75, 3.05) is 0 Å². The normalized spacial score (nSPS) is 13.9.